The minimum Gasteiger partial charge on any atom is -0.394 e. The van der Waals surface area contributed by atoms with E-state index in [9.17, 15) is 15.0 Å². The van der Waals surface area contributed by atoms with E-state index in [1.165, 1.54) is 12.0 Å². The third kappa shape index (κ3) is 6.05. The number of aliphatic hydroxyl groups excluding tert-OH is 2. The summed E-state index contributed by atoms with van der Waals surface area (Å²) >= 11 is 0. The molecule has 5 rings (SSSR count). The molecule has 4 aliphatic rings. The van der Waals surface area contributed by atoms with Crippen molar-refractivity contribution < 1.29 is 19.8 Å². The van der Waals surface area contributed by atoms with E-state index in [-0.39, 0.29) is 18.6 Å². The standard InChI is InChI=1S/C29H48N4O4/c1-18-23-13-22(29(23,3)4)14-24(18)31-28(36)27-26(19(2)35)25(17-34)37-33(27)16-21-9-7-8-20(12-21)15-30-10-11-32(5)6/h7-9,12,18-19,22-27,30,34-35H,10-11,13-17H2,1-6H3,(H,31,36)/t18?,19-,22+,23-,24-,25-,26+,27-/m0/s1. The van der Waals surface area contributed by atoms with Gasteiger partial charge in [0, 0.05) is 31.6 Å². The Labute approximate surface area is 222 Å². The molecule has 3 saturated carbocycles. The quantitative estimate of drug-likeness (QED) is 0.334. The summed E-state index contributed by atoms with van der Waals surface area (Å²) in [5.74, 6) is 1.06. The zero-order chi connectivity index (χ0) is 26.9. The van der Waals surface area contributed by atoms with Crippen LogP contribution in [0, 0.1) is 29.1 Å². The average Bonchev–Trinajstić information content (AvgIpc) is 3.21. The second-order valence-corrected chi connectivity index (χ2v) is 12.5. The van der Waals surface area contributed by atoms with Gasteiger partial charge in [0.25, 0.3) is 0 Å². The first-order chi connectivity index (χ1) is 17.5. The molecule has 0 aromatic heterocycles. The van der Waals surface area contributed by atoms with Gasteiger partial charge in [-0.15, -0.1) is 0 Å². The first-order valence-corrected chi connectivity index (χ1v) is 14.0. The average molecular weight is 517 g/mol. The van der Waals surface area contributed by atoms with Crippen LogP contribution in [0.15, 0.2) is 24.3 Å². The van der Waals surface area contributed by atoms with Crippen molar-refractivity contribution in [2.45, 2.75) is 77.9 Å². The van der Waals surface area contributed by atoms with Gasteiger partial charge in [0.05, 0.1) is 19.3 Å². The lowest BCUT2D eigenvalue weighted by Crippen LogP contribution is -2.62. The summed E-state index contributed by atoms with van der Waals surface area (Å²) in [6.07, 6.45) is 0.835. The van der Waals surface area contributed by atoms with Crippen molar-refractivity contribution in [3.8, 4) is 0 Å². The van der Waals surface area contributed by atoms with E-state index in [0.29, 0.717) is 29.7 Å². The minimum atomic E-state index is -0.791. The van der Waals surface area contributed by atoms with Gasteiger partial charge in [-0.3, -0.25) is 9.63 Å². The SMILES string of the molecule is CC1[C@@H](NC(=O)[C@@H]2[C@H]([C@H](C)O)[C@H](CO)ON2Cc2cccc(CNCCN(C)C)c2)C[C@H]2C[C@@H]1C2(C)C. The van der Waals surface area contributed by atoms with Crippen LogP contribution in [0.4, 0.5) is 0 Å². The maximum absolute atomic E-state index is 13.8. The normalized spacial score (nSPS) is 33.8. The first kappa shape index (κ1) is 28.5. The van der Waals surface area contributed by atoms with Crippen LogP contribution >= 0.6 is 0 Å². The maximum atomic E-state index is 13.8. The molecule has 1 aromatic carbocycles. The lowest BCUT2D eigenvalue weighted by Gasteiger charge is -2.62. The van der Waals surface area contributed by atoms with Gasteiger partial charge in [0.1, 0.15) is 12.1 Å². The van der Waals surface area contributed by atoms with Gasteiger partial charge in [-0.25, -0.2) is 0 Å². The minimum absolute atomic E-state index is 0.112. The van der Waals surface area contributed by atoms with E-state index in [1.54, 1.807) is 12.0 Å². The van der Waals surface area contributed by atoms with Crippen molar-refractivity contribution in [2.75, 3.05) is 33.8 Å². The van der Waals surface area contributed by atoms with Crippen LogP contribution in [0.1, 0.15) is 51.7 Å². The Morgan fingerprint density at radius 3 is 2.62 bits per heavy atom. The van der Waals surface area contributed by atoms with E-state index >= 15 is 0 Å². The van der Waals surface area contributed by atoms with Crippen molar-refractivity contribution in [2.24, 2.45) is 29.1 Å². The van der Waals surface area contributed by atoms with Crippen molar-refractivity contribution in [3.63, 3.8) is 0 Å². The zero-order valence-corrected chi connectivity index (χ0v) is 23.5. The van der Waals surface area contributed by atoms with Crippen LogP contribution in [-0.4, -0.2) is 84.2 Å². The number of hydrogen-bond donors (Lipinski definition) is 4. The molecule has 1 aromatic rings. The van der Waals surface area contributed by atoms with Crippen molar-refractivity contribution in [1.82, 2.24) is 20.6 Å². The summed E-state index contributed by atoms with van der Waals surface area (Å²) in [7, 11) is 4.12. The van der Waals surface area contributed by atoms with Crippen LogP contribution in [0.2, 0.25) is 0 Å². The molecule has 4 N–H and O–H groups in total. The van der Waals surface area contributed by atoms with E-state index < -0.39 is 24.2 Å². The molecule has 208 valence electrons. The Balaban J connectivity index is 1.46. The van der Waals surface area contributed by atoms with Gasteiger partial charge < -0.3 is 25.7 Å². The summed E-state index contributed by atoms with van der Waals surface area (Å²) < 4.78 is 0. The highest BCUT2D eigenvalue weighted by molar-refractivity contribution is 5.82. The summed E-state index contributed by atoms with van der Waals surface area (Å²) in [6.45, 7) is 11.5. The van der Waals surface area contributed by atoms with Crippen LogP contribution in [-0.2, 0) is 22.7 Å². The van der Waals surface area contributed by atoms with E-state index in [0.717, 1.165) is 31.6 Å². The van der Waals surface area contributed by atoms with Gasteiger partial charge in [-0.05, 0) is 68.2 Å². The molecule has 0 spiro atoms. The van der Waals surface area contributed by atoms with Gasteiger partial charge in [0.15, 0.2) is 0 Å². The number of carbonyl (C=O) groups is 1. The molecule has 1 saturated heterocycles. The van der Waals surface area contributed by atoms with Gasteiger partial charge in [-0.1, -0.05) is 45.0 Å². The number of amides is 1. The van der Waals surface area contributed by atoms with Crippen LogP contribution in [0.25, 0.3) is 0 Å². The van der Waals surface area contributed by atoms with Crippen LogP contribution in [0.5, 0.6) is 0 Å². The summed E-state index contributed by atoms with van der Waals surface area (Å²) in [5.41, 5.74) is 2.54. The number of hydrogen-bond acceptors (Lipinski definition) is 7. The second-order valence-electron chi connectivity index (χ2n) is 12.5. The van der Waals surface area contributed by atoms with Gasteiger partial charge >= 0.3 is 0 Å². The number of carbonyl (C=O) groups excluding carboxylic acids is 1. The summed E-state index contributed by atoms with van der Waals surface area (Å²) in [4.78, 5) is 22.0. The maximum Gasteiger partial charge on any atom is 0.240 e. The van der Waals surface area contributed by atoms with Crippen LogP contribution < -0.4 is 10.6 Å². The third-order valence-electron chi connectivity index (χ3n) is 9.46. The number of likely N-dealkylation sites (N-methyl/N-ethyl adjacent to an activating group) is 1. The number of nitrogens with zero attached hydrogens (tertiary/aromatic N) is 2. The highest BCUT2D eigenvalue weighted by atomic mass is 16.7. The highest BCUT2D eigenvalue weighted by Crippen LogP contribution is 2.61. The molecule has 1 heterocycles. The first-order valence-electron chi connectivity index (χ1n) is 14.0. The lowest BCUT2D eigenvalue weighted by atomic mass is 9.45. The smallest absolute Gasteiger partial charge is 0.240 e. The number of aliphatic hydroxyl groups is 2. The topological polar surface area (TPSA) is 97.3 Å². The van der Waals surface area contributed by atoms with Gasteiger partial charge in [-0.2, -0.15) is 5.06 Å². The molecule has 0 radical (unpaired) electrons. The molecule has 2 bridgehead atoms. The van der Waals surface area contributed by atoms with Crippen LogP contribution in [0.3, 0.4) is 0 Å². The monoisotopic (exact) mass is 516 g/mol. The molecule has 37 heavy (non-hydrogen) atoms. The Hall–Kier alpha value is -1.55. The summed E-state index contributed by atoms with van der Waals surface area (Å²) in [5, 5.41) is 29.1. The molecule has 8 heteroatoms. The molecule has 1 unspecified atom stereocenters. The third-order valence-corrected chi connectivity index (χ3v) is 9.46. The van der Waals surface area contributed by atoms with Gasteiger partial charge in [0.2, 0.25) is 5.91 Å². The number of hydroxylamine groups is 2. The number of benzene rings is 1. The van der Waals surface area contributed by atoms with Crippen molar-refractivity contribution in [1.29, 1.82) is 0 Å². The Morgan fingerprint density at radius 1 is 1.27 bits per heavy atom. The molecule has 8 nitrogen and oxygen atoms in total. The fraction of sp³-hybridized carbons (Fsp3) is 0.759. The number of fused-ring (bicyclic) bond motifs is 2. The van der Waals surface area contributed by atoms with E-state index in [4.69, 9.17) is 4.84 Å². The predicted octanol–water partition coefficient (Wildman–Crippen LogP) is 2.00. The molecule has 8 atom stereocenters. The Kier molecular flexibility index (Phi) is 8.98. The molecule has 1 amide bonds. The van der Waals surface area contributed by atoms with E-state index in [2.05, 4.69) is 62.5 Å². The van der Waals surface area contributed by atoms with E-state index in [1.807, 2.05) is 12.1 Å². The van der Waals surface area contributed by atoms with Crippen molar-refractivity contribution in [3.05, 3.63) is 35.4 Å². The number of rotatable bonds is 11. The zero-order valence-electron chi connectivity index (χ0n) is 23.5. The lowest BCUT2D eigenvalue weighted by molar-refractivity contribution is -0.183. The molecule has 3 aliphatic carbocycles. The molecule has 4 fully saturated rings. The number of nitrogens with one attached hydrogen (secondary N) is 2. The molecular formula is C29H48N4O4. The fourth-order valence-electron chi connectivity index (χ4n) is 7.04. The fourth-order valence-corrected chi connectivity index (χ4v) is 7.04. The molecular weight excluding hydrogens is 468 g/mol. The largest absolute Gasteiger partial charge is 0.394 e. The predicted molar refractivity (Wildman–Crippen MR) is 144 cm³/mol. The Bertz CT molecular complexity index is 923. The second kappa shape index (κ2) is 11.7. The van der Waals surface area contributed by atoms with Crippen molar-refractivity contribution >= 4 is 5.91 Å². The Morgan fingerprint density at radius 2 is 2.00 bits per heavy atom. The molecule has 1 aliphatic heterocycles. The summed E-state index contributed by atoms with van der Waals surface area (Å²) in [6, 6.07) is 7.74. The highest BCUT2D eigenvalue weighted by Gasteiger charge is 2.57.